The summed E-state index contributed by atoms with van der Waals surface area (Å²) in [6, 6.07) is 19.7. The van der Waals surface area contributed by atoms with Crippen molar-refractivity contribution in [2.75, 3.05) is 27.1 Å². The molecule has 15 nitrogen and oxygen atoms in total. The summed E-state index contributed by atoms with van der Waals surface area (Å²) >= 11 is 0. The highest BCUT2D eigenvalue weighted by Crippen LogP contribution is 2.37. The van der Waals surface area contributed by atoms with Crippen LogP contribution in [-0.2, 0) is 46.5 Å². The average Bonchev–Trinajstić information content (AvgIpc) is 3.20. The van der Waals surface area contributed by atoms with E-state index in [-0.39, 0.29) is 56.2 Å². The van der Waals surface area contributed by atoms with Gasteiger partial charge in [-0.2, -0.15) is 0 Å². The monoisotopic (exact) mass is 823 g/mol. The van der Waals surface area contributed by atoms with Gasteiger partial charge in [-0.05, 0) is 75.8 Å². The molecular weight excluding hydrogens is 762 g/mol. The molecule has 0 spiro atoms. The van der Waals surface area contributed by atoms with Crippen LogP contribution in [0.25, 0.3) is 0 Å². The summed E-state index contributed by atoms with van der Waals surface area (Å²) in [6.07, 6.45) is -3.02. The minimum atomic E-state index is -1.64. The van der Waals surface area contributed by atoms with Crippen LogP contribution < -0.4 is 25.4 Å². The molecule has 0 aliphatic carbocycles. The number of ether oxygens (including phenoxy) is 7. The van der Waals surface area contributed by atoms with Crippen LogP contribution in [0.1, 0.15) is 84.6 Å². The van der Waals surface area contributed by atoms with Gasteiger partial charge in [0.25, 0.3) is 0 Å². The minimum Gasteiger partial charge on any atom is -0.485 e. The molecule has 0 aliphatic heterocycles. The van der Waals surface area contributed by atoms with Crippen LogP contribution in [0.2, 0.25) is 0 Å². The second-order valence-electron chi connectivity index (χ2n) is 15.3. The maximum Gasteiger partial charge on any atom is 0.408 e. The molecule has 3 amide bonds. The molecule has 0 unspecified atom stereocenters. The number of aliphatic hydroxyl groups is 1. The van der Waals surface area contributed by atoms with E-state index in [1.807, 2.05) is 43.3 Å². The van der Waals surface area contributed by atoms with Crippen molar-refractivity contribution >= 4 is 24.1 Å². The lowest BCUT2D eigenvalue weighted by molar-refractivity contribution is -0.148. The van der Waals surface area contributed by atoms with Crippen LogP contribution in [0.15, 0.2) is 78.9 Å². The molecule has 3 rings (SSSR count). The predicted molar refractivity (Wildman–Crippen MR) is 219 cm³/mol. The van der Waals surface area contributed by atoms with E-state index < -0.39 is 59.5 Å². The molecule has 5 atom stereocenters. The highest BCUT2D eigenvalue weighted by molar-refractivity contribution is 5.86. The maximum atomic E-state index is 14.0. The standard InChI is InChI=1S/C44H61N3O12/c1-10-44(8,35(27-54-28-53-9)45-39(49)36(29(3)4)46-42(52)59-43(5,6)7)58-34-24-32(22-23-33(34)56-25-30-18-14-12-15-19-30)38(48)37(40(50)55-11-2)47-41(51)57-26-31-20-16-13-17-21-31/h12-24,29,35-38,48H,10-11,25-28H2,1-9H3,(H,45,49)(H,46,52)(H,47,51)/t35-,36+,37+,38-,44-/m1/s1. The number of alkyl carbamates (subject to hydrolysis) is 2. The zero-order chi connectivity index (χ0) is 43.6. The lowest BCUT2D eigenvalue weighted by atomic mass is 9.92. The number of esters is 1. The van der Waals surface area contributed by atoms with Crippen molar-refractivity contribution in [1.82, 2.24) is 16.0 Å². The van der Waals surface area contributed by atoms with Crippen LogP contribution in [0.4, 0.5) is 9.59 Å². The van der Waals surface area contributed by atoms with Crippen molar-refractivity contribution in [2.24, 2.45) is 5.92 Å². The average molecular weight is 824 g/mol. The molecule has 59 heavy (non-hydrogen) atoms. The number of rotatable bonds is 22. The van der Waals surface area contributed by atoms with Gasteiger partial charge in [-0.25, -0.2) is 14.4 Å². The number of aliphatic hydroxyl groups excluding tert-OH is 1. The lowest BCUT2D eigenvalue weighted by Gasteiger charge is -2.39. The molecule has 0 aromatic heterocycles. The zero-order valence-corrected chi connectivity index (χ0v) is 35.6. The molecular formula is C44H61N3O12. The van der Waals surface area contributed by atoms with Crippen molar-refractivity contribution in [3.05, 3.63) is 95.6 Å². The molecule has 3 aromatic rings. The number of methoxy groups -OCH3 is 1. The third kappa shape index (κ3) is 15.7. The summed E-state index contributed by atoms with van der Waals surface area (Å²) in [5.41, 5.74) is -0.246. The van der Waals surface area contributed by atoms with Crippen molar-refractivity contribution in [2.45, 2.75) is 110 Å². The van der Waals surface area contributed by atoms with E-state index >= 15 is 0 Å². The summed E-state index contributed by atoms with van der Waals surface area (Å²) < 4.78 is 40.0. The van der Waals surface area contributed by atoms with E-state index in [4.69, 9.17) is 33.2 Å². The first-order valence-corrected chi connectivity index (χ1v) is 19.7. The fourth-order valence-corrected chi connectivity index (χ4v) is 5.72. The van der Waals surface area contributed by atoms with E-state index in [9.17, 15) is 24.3 Å². The molecule has 0 radical (unpaired) electrons. The highest BCUT2D eigenvalue weighted by atomic mass is 16.7. The largest absolute Gasteiger partial charge is 0.485 e. The molecule has 324 valence electrons. The van der Waals surface area contributed by atoms with Crippen molar-refractivity contribution in [3.8, 4) is 11.5 Å². The van der Waals surface area contributed by atoms with E-state index in [1.54, 1.807) is 84.9 Å². The first kappa shape index (κ1) is 48.0. The topological polar surface area (TPSA) is 189 Å². The molecule has 4 N–H and O–H groups in total. The molecule has 0 bridgehead atoms. The van der Waals surface area contributed by atoms with Gasteiger partial charge in [0.1, 0.15) is 43.4 Å². The number of hydrogen-bond donors (Lipinski definition) is 4. The summed E-state index contributed by atoms with van der Waals surface area (Å²) in [4.78, 5) is 52.9. The van der Waals surface area contributed by atoms with E-state index in [0.717, 1.165) is 11.1 Å². The van der Waals surface area contributed by atoms with Crippen molar-refractivity contribution < 1.29 is 57.4 Å². The van der Waals surface area contributed by atoms with Crippen molar-refractivity contribution in [1.29, 1.82) is 0 Å². The Morgan fingerprint density at radius 1 is 0.746 bits per heavy atom. The van der Waals surface area contributed by atoms with Gasteiger partial charge in [0.2, 0.25) is 5.91 Å². The Morgan fingerprint density at radius 2 is 1.36 bits per heavy atom. The van der Waals surface area contributed by atoms with Gasteiger partial charge in [0.15, 0.2) is 17.5 Å². The maximum absolute atomic E-state index is 14.0. The number of carbonyl (C=O) groups is 4. The van der Waals surface area contributed by atoms with Crippen LogP contribution in [0.5, 0.6) is 11.5 Å². The Morgan fingerprint density at radius 3 is 1.92 bits per heavy atom. The molecule has 0 aliphatic rings. The summed E-state index contributed by atoms with van der Waals surface area (Å²) in [6.45, 7) is 13.9. The van der Waals surface area contributed by atoms with Crippen LogP contribution in [0, 0.1) is 5.92 Å². The summed E-state index contributed by atoms with van der Waals surface area (Å²) in [5, 5.41) is 19.9. The van der Waals surface area contributed by atoms with E-state index in [1.165, 1.54) is 13.2 Å². The molecule has 0 saturated carbocycles. The van der Waals surface area contributed by atoms with E-state index in [0.29, 0.717) is 6.42 Å². The van der Waals surface area contributed by atoms with Gasteiger partial charge < -0.3 is 54.2 Å². The van der Waals surface area contributed by atoms with Gasteiger partial charge in [-0.3, -0.25) is 4.79 Å². The third-order valence-corrected chi connectivity index (χ3v) is 9.09. The Bertz CT molecular complexity index is 1770. The van der Waals surface area contributed by atoms with Crippen LogP contribution in [0.3, 0.4) is 0 Å². The predicted octanol–water partition coefficient (Wildman–Crippen LogP) is 6.36. The second-order valence-corrected chi connectivity index (χ2v) is 15.3. The number of hydrogen-bond acceptors (Lipinski definition) is 12. The second kappa shape index (κ2) is 23.3. The summed E-state index contributed by atoms with van der Waals surface area (Å²) in [5.74, 6) is -1.30. The Hall–Kier alpha value is -5.38. The fourth-order valence-electron chi connectivity index (χ4n) is 5.72. The summed E-state index contributed by atoms with van der Waals surface area (Å²) in [7, 11) is 1.47. The number of carbonyl (C=O) groups excluding carboxylic acids is 4. The van der Waals surface area contributed by atoms with Crippen molar-refractivity contribution in [3.63, 3.8) is 0 Å². The Labute approximate surface area is 347 Å². The van der Waals surface area contributed by atoms with Gasteiger partial charge in [0, 0.05) is 7.11 Å². The van der Waals surface area contributed by atoms with Gasteiger partial charge >= 0.3 is 18.2 Å². The number of amides is 3. The molecule has 0 heterocycles. The number of nitrogens with one attached hydrogen (secondary N) is 3. The van der Waals surface area contributed by atoms with E-state index in [2.05, 4.69) is 16.0 Å². The first-order chi connectivity index (χ1) is 28.0. The number of benzene rings is 3. The normalized spacial score (nSPS) is 14.4. The lowest BCUT2D eigenvalue weighted by Crippen LogP contribution is -2.61. The van der Waals surface area contributed by atoms with Gasteiger partial charge in [0.05, 0.1) is 19.3 Å². The molecule has 15 heteroatoms. The molecule has 3 aromatic carbocycles. The first-order valence-electron chi connectivity index (χ1n) is 19.7. The molecule has 0 saturated heterocycles. The van der Waals surface area contributed by atoms with Gasteiger partial charge in [-0.15, -0.1) is 0 Å². The van der Waals surface area contributed by atoms with Gasteiger partial charge in [-0.1, -0.05) is 87.5 Å². The van der Waals surface area contributed by atoms with Crippen LogP contribution >= 0.6 is 0 Å². The highest BCUT2D eigenvalue weighted by Gasteiger charge is 2.40. The SMILES string of the molecule is CCOC(=O)[C@@H](NC(=O)OCc1ccccc1)[C@H](O)c1ccc(OCc2ccccc2)c(O[C@](C)(CC)[C@@H](COCOC)NC(=O)[C@@H](NC(=O)OC(C)(C)C)C(C)C)c1. The smallest absolute Gasteiger partial charge is 0.408 e. The molecule has 0 fully saturated rings. The zero-order valence-electron chi connectivity index (χ0n) is 35.6. The Kier molecular flexibility index (Phi) is 18.9. The van der Waals surface area contributed by atoms with Crippen LogP contribution in [-0.4, -0.2) is 85.6 Å². The quantitative estimate of drug-likeness (QED) is 0.0381. The third-order valence-electron chi connectivity index (χ3n) is 9.09. The Balaban J connectivity index is 2.02. The fraction of sp³-hybridized carbons (Fsp3) is 0.500. The minimum absolute atomic E-state index is 0.0124.